The van der Waals surface area contributed by atoms with Gasteiger partial charge in [0.05, 0.1) is 6.54 Å². The van der Waals surface area contributed by atoms with Crippen molar-refractivity contribution in [2.75, 3.05) is 6.54 Å². The normalized spacial score (nSPS) is 11.9. The van der Waals surface area contributed by atoms with Crippen LogP contribution in [-0.4, -0.2) is 12.8 Å². The minimum Gasteiger partial charge on any atom is -0.401 e. The van der Waals surface area contributed by atoms with Gasteiger partial charge in [-0.25, -0.2) is 0 Å². The molecule has 90 valence electrons. The summed E-state index contributed by atoms with van der Waals surface area (Å²) in [5, 5.41) is 0. The third-order valence-corrected chi connectivity index (χ3v) is 2.47. The molecule has 0 radical (unpaired) electrons. The molecule has 0 aliphatic rings. The standard InChI is InChI=1S/C16H16N2/c17-16(11-14-7-3-1-4-8-14)13-18-12-15-9-5-2-6-10-15/h1-12H,13,17H2. The fourth-order valence-electron chi connectivity index (χ4n) is 1.60. The summed E-state index contributed by atoms with van der Waals surface area (Å²) in [4.78, 5) is 4.32. The summed E-state index contributed by atoms with van der Waals surface area (Å²) in [5.74, 6) is 0. The molecule has 0 saturated carbocycles. The summed E-state index contributed by atoms with van der Waals surface area (Å²) < 4.78 is 0. The lowest BCUT2D eigenvalue weighted by molar-refractivity contribution is 1.13. The first-order valence-electron chi connectivity index (χ1n) is 5.90. The predicted molar refractivity (Wildman–Crippen MR) is 77.5 cm³/mol. The maximum absolute atomic E-state index is 5.92. The fourth-order valence-corrected chi connectivity index (χ4v) is 1.60. The molecule has 0 aliphatic heterocycles. The monoisotopic (exact) mass is 236 g/mol. The second-order valence-electron chi connectivity index (χ2n) is 4.01. The van der Waals surface area contributed by atoms with Crippen LogP contribution in [0.15, 0.2) is 71.4 Å². The molecule has 0 saturated heterocycles. The molecule has 0 spiro atoms. The zero-order valence-electron chi connectivity index (χ0n) is 10.2. The Kier molecular flexibility index (Phi) is 4.31. The second kappa shape index (κ2) is 6.40. The molecule has 0 aliphatic carbocycles. The zero-order valence-corrected chi connectivity index (χ0v) is 10.2. The van der Waals surface area contributed by atoms with Crippen molar-refractivity contribution < 1.29 is 0 Å². The molecule has 2 aromatic carbocycles. The molecular formula is C16H16N2. The first-order valence-corrected chi connectivity index (χ1v) is 5.90. The van der Waals surface area contributed by atoms with Gasteiger partial charge in [0.15, 0.2) is 0 Å². The molecule has 18 heavy (non-hydrogen) atoms. The van der Waals surface area contributed by atoms with Gasteiger partial charge < -0.3 is 5.73 Å². The number of rotatable bonds is 4. The fraction of sp³-hybridized carbons (Fsp3) is 0.0625. The Labute approximate surface area is 107 Å². The molecule has 0 atom stereocenters. The van der Waals surface area contributed by atoms with E-state index >= 15 is 0 Å². The Morgan fingerprint density at radius 1 is 0.889 bits per heavy atom. The van der Waals surface area contributed by atoms with Gasteiger partial charge in [0, 0.05) is 11.9 Å². The zero-order chi connectivity index (χ0) is 12.6. The summed E-state index contributed by atoms with van der Waals surface area (Å²) in [6, 6.07) is 20.0. The topological polar surface area (TPSA) is 38.4 Å². The molecule has 0 unspecified atom stereocenters. The van der Waals surface area contributed by atoms with Crippen molar-refractivity contribution in [2.24, 2.45) is 10.7 Å². The predicted octanol–water partition coefficient (Wildman–Crippen LogP) is 3.11. The molecular weight excluding hydrogens is 220 g/mol. The summed E-state index contributed by atoms with van der Waals surface area (Å²) in [7, 11) is 0. The van der Waals surface area contributed by atoms with Crippen molar-refractivity contribution in [3.05, 3.63) is 77.5 Å². The molecule has 2 aromatic rings. The highest BCUT2D eigenvalue weighted by atomic mass is 14.8. The SMILES string of the molecule is NC(=Cc1ccccc1)CN=Cc1ccccc1. The van der Waals surface area contributed by atoms with Gasteiger partial charge in [-0.3, -0.25) is 4.99 Å². The van der Waals surface area contributed by atoms with Crippen LogP contribution in [0.2, 0.25) is 0 Å². The lowest BCUT2D eigenvalue weighted by Gasteiger charge is -1.97. The van der Waals surface area contributed by atoms with E-state index in [1.165, 1.54) is 0 Å². The van der Waals surface area contributed by atoms with Gasteiger partial charge in [0.1, 0.15) is 0 Å². The van der Waals surface area contributed by atoms with E-state index in [4.69, 9.17) is 5.73 Å². The highest BCUT2D eigenvalue weighted by molar-refractivity contribution is 5.79. The van der Waals surface area contributed by atoms with Crippen LogP contribution in [0.25, 0.3) is 6.08 Å². The van der Waals surface area contributed by atoms with Crippen LogP contribution in [0.5, 0.6) is 0 Å². The highest BCUT2D eigenvalue weighted by Crippen LogP contribution is 2.03. The summed E-state index contributed by atoms with van der Waals surface area (Å²) in [6.45, 7) is 0.518. The molecule has 2 nitrogen and oxygen atoms in total. The summed E-state index contributed by atoms with van der Waals surface area (Å²) in [6.07, 6.45) is 3.79. The van der Waals surface area contributed by atoms with E-state index in [-0.39, 0.29) is 0 Å². The van der Waals surface area contributed by atoms with Gasteiger partial charge in [0.2, 0.25) is 0 Å². The third-order valence-electron chi connectivity index (χ3n) is 2.47. The van der Waals surface area contributed by atoms with Crippen molar-refractivity contribution in [1.82, 2.24) is 0 Å². The van der Waals surface area contributed by atoms with Gasteiger partial charge >= 0.3 is 0 Å². The third kappa shape index (κ3) is 3.91. The van der Waals surface area contributed by atoms with E-state index in [0.29, 0.717) is 6.54 Å². The van der Waals surface area contributed by atoms with Crippen LogP contribution in [0.4, 0.5) is 0 Å². The van der Waals surface area contributed by atoms with Gasteiger partial charge in [-0.15, -0.1) is 0 Å². The van der Waals surface area contributed by atoms with Gasteiger partial charge in [-0.2, -0.15) is 0 Å². The number of benzene rings is 2. The number of aliphatic imine (C=N–C) groups is 1. The maximum Gasteiger partial charge on any atom is 0.0784 e. The maximum atomic E-state index is 5.92. The summed E-state index contributed by atoms with van der Waals surface area (Å²) >= 11 is 0. The number of nitrogens with zero attached hydrogens (tertiary/aromatic N) is 1. The molecule has 0 amide bonds. The minimum absolute atomic E-state index is 0.518. The van der Waals surface area contributed by atoms with Gasteiger partial charge in [-0.1, -0.05) is 60.7 Å². The molecule has 2 heteroatoms. The first-order chi connectivity index (χ1) is 8.84. The molecule has 2 rings (SSSR count). The van der Waals surface area contributed by atoms with Crippen LogP contribution in [0, 0.1) is 0 Å². The first kappa shape index (κ1) is 12.1. The molecule has 0 bridgehead atoms. The van der Waals surface area contributed by atoms with Crippen LogP contribution in [0.1, 0.15) is 11.1 Å². The summed E-state index contributed by atoms with van der Waals surface area (Å²) in [5.41, 5.74) is 8.86. The Bertz CT molecular complexity index is 528. The second-order valence-corrected chi connectivity index (χ2v) is 4.01. The molecule has 0 fully saturated rings. The van der Waals surface area contributed by atoms with Crippen molar-refractivity contribution in [3.8, 4) is 0 Å². The van der Waals surface area contributed by atoms with E-state index < -0.39 is 0 Å². The van der Waals surface area contributed by atoms with E-state index in [1.54, 1.807) is 0 Å². The lowest BCUT2D eigenvalue weighted by atomic mass is 10.2. The van der Waals surface area contributed by atoms with E-state index in [9.17, 15) is 0 Å². The van der Waals surface area contributed by atoms with E-state index in [2.05, 4.69) is 4.99 Å². The van der Waals surface area contributed by atoms with E-state index in [1.807, 2.05) is 73.0 Å². The number of nitrogens with two attached hydrogens (primary N) is 1. The van der Waals surface area contributed by atoms with Crippen LogP contribution in [0.3, 0.4) is 0 Å². The van der Waals surface area contributed by atoms with Crippen molar-refractivity contribution in [3.63, 3.8) is 0 Å². The Hall–Kier alpha value is -2.35. The molecule has 2 N–H and O–H groups in total. The van der Waals surface area contributed by atoms with Crippen LogP contribution >= 0.6 is 0 Å². The Morgan fingerprint density at radius 2 is 1.44 bits per heavy atom. The van der Waals surface area contributed by atoms with Gasteiger partial charge in [0.25, 0.3) is 0 Å². The van der Waals surface area contributed by atoms with E-state index in [0.717, 1.165) is 16.8 Å². The number of hydrogen-bond acceptors (Lipinski definition) is 2. The minimum atomic E-state index is 0.518. The van der Waals surface area contributed by atoms with Crippen molar-refractivity contribution in [2.45, 2.75) is 0 Å². The number of hydrogen-bond donors (Lipinski definition) is 1. The average Bonchev–Trinajstić information content (AvgIpc) is 2.41. The molecule has 0 aromatic heterocycles. The van der Waals surface area contributed by atoms with Crippen molar-refractivity contribution in [1.29, 1.82) is 0 Å². The largest absolute Gasteiger partial charge is 0.401 e. The van der Waals surface area contributed by atoms with Crippen LogP contribution < -0.4 is 5.73 Å². The van der Waals surface area contributed by atoms with Gasteiger partial charge in [-0.05, 0) is 17.2 Å². The lowest BCUT2D eigenvalue weighted by Crippen LogP contribution is -2.01. The average molecular weight is 236 g/mol. The quantitative estimate of drug-likeness (QED) is 0.814. The molecule has 0 heterocycles. The Morgan fingerprint density at radius 3 is 2.06 bits per heavy atom. The smallest absolute Gasteiger partial charge is 0.0784 e. The van der Waals surface area contributed by atoms with Crippen LogP contribution in [-0.2, 0) is 0 Å². The highest BCUT2D eigenvalue weighted by Gasteiger charge is 1.90. The Balaban J connectivity index is 1.94. The van der Waals surface area contributed by atoms with Crippen molar-refractivity contribution >= 4 is 12.3 Å².